The zero-order valence-corrected chi connectivity index (χ0v) is 28.1. The van der Waals surface area contributed by atoms with Gasteiger partial charge in [0.25, 0.3) is 0 Å². The van der Waals surface area contributed by atoms with Crippen LogP contribution in [0.4, 0.5) is 0 Å². The minimum Gasteiger partial charge on any atom is -0.256 e. The second-order valence-electron chi connectivity index (χ2n) is 13.6. The Morgan fingerprint density at radius 1 is 0.288 bits per heavy atom. The molecule has 0 saturated carbocycles. The van der Waals surface area contributed by atoms with Crippen molar-refractivity contribution in [2.45, 2.75) is 0 Å². The van der Waals surface area contributed by atoms with Gasteiger partial charge >= 0.3 is 0 Å². The van der Waals surface area contributed by atoms with E-state index in [4.69, 9.17) is 9.97 Å². The van der Waals surface area contributed by atoms with Gasteiger partial charge in [-0.1, -0.05) is 140 Å². The van der Waals surface area contributed by atoms with E-state index in [1.807, 2.05) is 42.6 Å². The first-order valence-corrected chi connectivity index (χ1v) is 17.7. The second kappa shape index (κ2) is 11.3. The Morgan fingerprint density at radius 2 is 0.808 bits per heavy atom. The molecule has 3 heteroatoms. The third-order valence-corrected chi connectivity index (χ3v) is 10.6. The van der Waals surface area contributed by atoms with E-state index in [2.05, 4.69) is 138 Å². The number of nitrogens with zero attached hydrogens (tertiary/aromatic N) is 3. The third kappa shape index (κ3) is 4.43. The lowest BCUT2D eigenvalue weighted by Crippen LogP contribution is -1.96. The summed E-state index contributed by atoms with van der Waals surface area (Å²) in [5.41, 5.74) is 6.85. The first-order chi connectivity index (χ1) is 25.8. The fraction of sp³-hybridized carbons (Fsp3) is 0. The van der Waals surface area contributed by atoms with Gasteiger partial charge < -0.3 is 0 Å². The van der Waals surface area contributed by atoms with Crippen molar-refractivity contribution in [1.29, 1.82) is 0 Å². The van der Waals surface area contributed by atoms with Crippen LogP contribution in [0.3, 0.4) is 0 Å². The fourth-order valence-corrected chi connectivity index (χ4v) is 8.24. The van der Waals surface area contributed by atoms with Crippen molar-refractivity contribution in [1.82, 2.24) is 15.0 Å². The SMILES string of the molecule is c1ccc(-c2nc(-c3ccc(-c4ccccn4)cc3)cc(-c3cc4ccc5cccc6c7cccc8ccc9cccc(c(c3)c4c56)c9c87)n2)cc1. The van der Waals surface area contributed by atoms with E-state index in [9.17, 15) is 0 Å². The van der Waals surface area contributed by atoms with Crippen molar-refractivity contribution in [2.24, 2.45) is 0 Å². The molecule has 0 unspecified atom stereocenters. The number of benzene rings is 8. The molecule has 11 aromatic rings. The lowest BCUT2D eigenvalue weighted by Gasteiger charge is -2.17. The van der Waals surface area contributed by atoms with Crippen LogP contribution < -0.4 is 0 Å². The van der Waals surface area contributed by atoms with Crippen molar-refractivity contribution in [3.05, 3.63) is 176 Å². The van der Waals surface area contributed by atoms with Gasteiger partial charge in [0.1, 0.15) is 0 Å². The largest absolute Gasteiger partial charge is 0.256 e. The lowest BCUT2D eigenvalue weighted by atomic mass is 9.87. The van der Waals surface area contributed by atoms with Gasteiger partial charge in [-0.3, -0.25) is 4.98 Å². The van der Waals surface area contributed by atoms with Crippen LogP contribution in [0.15, 0.2) is 176 Å². The Hall–Kier alpha value is -6.97. The number of fused-ring (bicyclic) bond motifs is 2. The van der Waals surface area contributed by atoms with Crippen LogP contribution in [0, 0.1) is 0 Å². The Morgan fingerprint density at radius 3 is 1.40 bits per heavy atom. The molecule has 2 aromatic heterocycles. The number of pyridine rings is 1. The predicted molar refractivity (Wildman–Crippen MR) is 218 cm³/mol. The third-order valence-electron chi connectivity index (χ3n) is 10.6. The molecule has 2 heterocycles. The smallest absolute Gasteiger partial charge is 0.160 e. The molecule has 240 valence electrons. The van der Waals surface area contributed by atoms with Crippen LogP contribution >= 0.6 is 0 Å². The molecule has 0 fully saturated rings. The Labute approximate surface area is 299 Å². The molecule has 0 bridgehead atoms. The highest BCUT2D eigenvalue weighted by Crippen LogP contribution is 2.44. The normalized spacial score (nSPS) is 11.8. The van der Waals surface area contributed by atoms with Crippen molar-refractivity contribution < 1.29 is 0 Å². The molecule has 0 amide bonds. The van der Waals surface area contributed by atoms with E-state index < -0.39 is 0 Å². The van der Waals surface area contributed by atoms with Crippen LogP contribution in [-0.2, 0) is 0 Å². The van der Waals surface area contributed by atoms with Gasteiger partial charge in [0.2, 0.25) is 0 Å². The molecule has 11 rings (SSSR count). The van der Waals surface area contributed by atoms with Crippen molar-refractivity contribution in [3.63, 3.8) is 0 Å². The first-order valence-electron chi connectivity index (χ1n) is 17.7. The van der Waals surface area contributed by atoms with E-state index in [0.717, 1.165) is 39.3 Å². The minimum absolute atomic E-state index is 0.700. The zero-order valence-electron chi connectivity index (χ0n) is 28.1. The number of rotatable bonds is 4. The van der Waals surface area contributed by atoms with Crippen LogP contribution in [0.5, 0.6) is 0 Å². The van der Waals surface area contributed by atoms with Crippen LogP contribution in [0.2, 0.25) is 0 Å². The number of hydrogen-bond acceptors (Lipinski definition) is 3. The summed E-state index contributed by atoms with van der Waals surface area (Å²) >= 11 is 0. The average molecular weight is 660 g/mol. The maximum atomic E-state index is 5.27. The van der Waals surface area contributed by atoms with E-state index in [-0.39, 0.29) is 0 Å². The molecule has 9 aromatic carbocycles. The van der Waals surface area contributed by atoms with Gasteiger partial charge in [-0.25, -0.2) is 9.97 Å². The summed E-state index contributed by atoms with van der Waals surface area (Å²) in [4.78, 5) is 15.0. The van der Waals surface area contributed by atoms with E-state index in [0.29, 0.717) is 5.82 Å². The highest BCUT2D eigenvalue weighted by molar-refractivity contribution is 6.37. The van der Waals surface area contributed by atoms with E-state index in [1.54, 1.807) is 0 Å². The predicted octanol–water partition coefficient (Wildman–Crippen LogP) is 12.9. The monoisotopic (exact) mass is 659 g/mol. The molecule has 0 spiro atoms. The molecule has 0 saturated heterocycles. The number of aromatic nitrogens is 3. The van der Waals surface area contributed by atoms with Gasteiger partial charge in [-0.15, -0.1) is 0 Å². The molecular weight excluding hydrogens is 631 g/mol. The molecule has 0 aliphatic heterocycles. The highest BCUT2D eigenvalue weighted by atomic mass is 14.9. The topological polar surface area (TPSA) is 38.7 Å². The Bertz CT molecular complexity index is 3150. The summed E-state index contributed by atoms with van der Waals surface area (Å²) in [6.07, 6.45) is 1.83. The highest BCUT2D eigenvalue weighted by Gasteiger charge is 2.18. The summed E-state index contributed by atoms with van der Waals surface area (Å²) in [6.45, 7) is 0. The molecule has 0 atom stereocenters. The van der Waals surface area contributed by atoms with Gasteiger partial charge in [-0.05, 0) is 95.0 Å². The van der Waals surface area contributed by atoms with Gasteiger partial charge in [0.15, 0.2) is 5.82 Å². The van der Waals surface area contributed by atoms with Gasteiger partial charge in [0, 0.05) is 28.5 Å². The van der Waals surface area contributed by atoms with Gasteiger partial charge in [0.05, 0.1) is 17.1 Å². The Kier molecular flexibility index (Phi) is 6.25. The second-order valence-corrected chi connectivity index (χ2v) is 13.6. The summed E-state index contributed by atoms with van der Waals surface area (Å²) in [7, 11) is 0. The Balaban J connectivity index is 1.23. The summed E-state index contributed by atoms with van der Waals surface area (Å²) < 4.78 is 0. The van der Waals surface area contributed by atoms with Crippen LogP contribution in [0.25, 0.3) is 110 Å². The van der Waals surface area contributed by atoms with E-state index in [1.165, 1.54) is 64.6 Å². The maximum absolute atomic E-state index is 5.27. The molecule has 0 N–H and O–H groups in total. The molecule has 0 aliphatic carbocycles. The zero-order chi connectivity index (χ0) is 34.2. The summed E-state index contributed by atoms with van der Waals surface area (Å²) in [5.74, 6) is 0.700. The quantitative estimate of drug-likeness (QED) is 0.177. The lowest BCUT2D eigenvalue weighted by molar-refractivity contribution is 1.18. The fourth-order valence-electron chi connectivity index (χ4n) is 8.24. The number of hydrogen-bond donors (Lipinski definition) is 0. The van der Waals surface area contributed by atoms with Crippen LogP contribution in [-0.4, -0.2) is 15.0 Å². The summed E-state index contributed by atoms with van der Waals surface area (Å²) in [6, 6.07) is 60.9. The van der Waals surface area contributed by atoms with Crippen molar-refractivity contribution >= 4 is 64.6 Å². The molecule has 52 heavy (non-hydrogen) atoms. The summed E-state index contributed by atoms with van der Waals surface area (Å²) in [5, 5.41) is 15.1. The van der Waals surface area contributed by atoms with Gasteiger partial charge in [-0.2, -0.15) is 0 Å². The molecule has 0 aliphatic rings. The van der Waals surface area contributed by atoms with E-state index >= 15 is 0 Å². The van der Waals surface area contributed by atoms with Crippen molar-refractivity contribution in [3.8, 4) is 45.2 Å². The molecule has 0 radical (unpaired) electrons. The van der Waals surface area contributed by atoms with Crippen LogP contribution in [0.1, 0.15) is 0 Å². The standard InChI is InChI=1S/C49H29N3/c1-2-9-35(10-3-1)49-51-43(31-20-18-30(19-21-31)42-17-4-5-26-50-42)29-44(52-49)37-27-36-25-24-34-12-7-15-39-38-14-6-11-32-22-23-33-13-8-16-40(47(33)45(32)38)41(28-37)48(36)46(34)39/h1-29H. The average Bonchev–Trinajstić information content (AvgIpc) is 3.22. The first kappa shape index (κ1) is 28.8. The maximum Gasteiger partial charge on any atom is 0.160 e. The van der Waals surface area contributed by atoms with Crippen molar-refractivity contribution in [2.75, 3.05) is 0 Å². The molecule has 3 nitrogen and oxygen atoms in total. The molecular formula is C49H29N3. The minimum atomic E-state index is 0.700.